The zero-order valence-corrected chi connectivity index (χ0v) is 6.82. The van der Waals surface area contributed by atoms with Crippen LogP contribution in [0.3, 0.4) is 0 Å². The Morgan fingerprint density at radius 3 is 3.17 bits per heavy atom. The summed E-state index contributed by atoms with van der Waals surface area (Å²) in [6.45, 7) is 2.02. The van der Waals surface area contributed by atoms with E-state index in [-0.39, 0.29) is 5.84 Å². The molecule has 1 rings (SSSR count). The summed E-state index contributed by atoms with van der Waals surface area (Å²) in [6.07, 6.45) is 3.09. The number of hydrogen-bond acceptors (Lipinski definition) is 4. The van der Waals surface area contributed by atoms with Gasteiger partial charge in [-0.15, -0.1) is 0 Å². The fourth-order valence-corrected chi connectivity index (χ4v) is 0.808. The van der Waals surface area contributed by atoms with E-state index in [1.807, 2.05) is 6.92 Å². The van der Waals surface area contributed by atoms with E-state index in [4.69, 9.17) is 15.4 Å². The summed E-state index contributed by atoms with van der Waals surface area (Å²) in [5.74, 6) is 0.584. The van der Waals surface area contributed by atoms with Crippen LogP contribution in [0, 0.1) is 0 Å². The molecule has 0 amide bonds. The van der Waals surface area contributed by atoms with Gasteiger partial charge in [0.15, 0.2) is 11.7 Å². The number of oxime groups is 1. The van der Waals surface area contributed by atoms with Crippen molar-refractivity contribution in [3.63, 3.8) is 0 Å². The minimum Gasteiger partial charge on any atom is -0.448 e. The number of aromatic nitrogens is 1. The Bertz CT molecular complexity index is 280. The molecule has 0 saturated heterocycles. The van der Waals surface area contributed by atoms with Gasteiger partial charge in [0.05, 0.1) is 0 Å². The summed E-state index contributed by atoms with van der Waals surface area (Å²) in [7, 11) is 0. The van der Waals surface area contributed by atoms with Crippen molar-refractivity contribution < 1.29 is 9.62 Å². The zero-order chi connectivity index (χ0) is 8.97. The first-order valence-electron chi connectivity index (χ1n) is 3.70. The number of nitrogens with zero attached hydrogens (tertiary/aromatic N) is 2. The number of nitrogens with two attached hydrogens (primary N) is 1. The number of amidine groups is 1. The highest BCUT2D eigenvalue weighted by Crippen LogP contribution is 2.03. The van der Waals surface area contributed by atoms with Crippen molar-refractivity contribution in [3.8, 4) is 0 Å². The molecule has 5 heteroatoms. The van der Waals surface area contributed by atoms with Gasteiger partial charge in [0.2, 0.25) is 0 Å². The molecule has 12 heavy (non-hydrogen) atoms. The van der Waals surface area contributed by atoms with Crippen molar-refractivity contribution in [3.05, 3.63) is 17.8 Å². The second-order valence-electron chi connectivity index (χ2n) is 2.36. The Labute approximate surface area is 69.9 Å². The molecule has 0 spiro atoms. The molecule has 0 fully saturated rings. The average molecular weight is 169 g/mol. The highest BCUT2D eigenvalue weighted by Gasteiger charge is 2.06. The Morgan fingerprint density at radius 1 is 1.83 bits per heavy atom. The van der Waals surface area contributed by atoms with Crippen molar-refractivity contribution in [2.24, 2.45) is 10.9 Å². The normalized spacial score (nSPS) is 11.9. The highest BCUT2D eigenvalue weighted by molar-refractivity contribution is 5.94. The quantitative estimate of drug-likeness (QED) is 0.302. The molecule has 1 aromatic heterocycles. The first-order chi connectivity index (χ1) is 5.77. The molecule has 5 nitrogen and oxygen atoms in total. The Balaban J connectivity index is 2.77. The van der Waals surface area contributed by atoms with Gasteiger partial charge in [-0.3, -0.25) is 0 Å². The van der Waals surface area contributed by atoms with Crippen molar-refractivity contribution in [1.82, 2.24) is 4.98 Å². The van der Waals surface area contributed by atoms with Gasteiger partial charge in [0.25, 0.3) is 0 Å². The molecular weight excluding hydrogens is 158 g/mol. The molecule has 3 N–H and O–H groups in total. The van der Waals surface area contributed by atoms with Crippen molar-refractivity contribution in [2.75, 3.05) is 0 Å². The maximum absolute atomic E-state index is 8.31. The van der Waals surface area contributed by atoms with Crippen LogP contribution in [0.2, 0.25) is 0 Å². The van der Waals surface area contributed by atoms with Gasteiger partial charge >= 0.3 is 0 Å². The summed E-state index contributed by atoms with van der Waals surface area (Å²) in [4.78, 5) is 3.99. The summed E-state index contributed by atoms with van der Waals surface area (Å²) in [6, 6.07) is 0. The van der Waals surface area contributed by atoms with Gasteiger partial charge in [-0.25, -0.2) is 4.98 Å². The zero-order valence-electron chi connectivity index (χ0n) is 6.82. The lowest BCUT2D eigenvalue weighted by Crippen LogP contribution is -2.13. The van der Waals surface area contributed by atoms with Crippen LogP contribution in [0.5, 0.6) is 0 Å². The van der Waals surface area contributed by atoms with Gasteiger partial charge in [0, 0.05) is 6.42 Å². The molecule has 66 valence electrons. The lowest BCUT2D eigenvalue weighted by Gasteiger charge is -1.87. The van der Waals surface area contributed by atoms with Gasteiger partial charge < -0.3 is 15.4 Å². The molecule has 0 unspecified atom stereocenters. The van der Waals surface area contributed by atoms with E-state index in [1.165, 1.54) is 6.26 Å². The molecule has 0 aliphatic carbocycles. The lowest BCUT2D eigenvalue weighted by atomic mass is 10.3. The van der Waals surface area contributed by atoms with Gasteiger partial charge in [-0.2, -0.15) is 0 Å². The second kappa shape index (κ2) is 3.75. The van der Waals surface area contributed by atoms with E-state index < -0.39 is 0 Å². The summed E-state index contributed by atoms with van der Waals surface area (Å²) >= 11 is 0. The Morgan fingerprint density at radius 2 is 2.58 bits per heavy atom. The van der Waals surface area contributed by atoms with Crippen LogP contribution in [0.15, 0.2) is 15.8 Å². The molecule has 0 bridgehead atoms. The molecule has 0 aromatic carbocycles. The number of hydrogen-bond donors (Lipinski definition) is 2. The van der Waals surface area contributed by atoms with Gasteiger partial charge in [-0.1, -0.05) is 12.1 Å². The summed E-state index contributed by atoms with van der Waals surface area (Å²) < 4.78 is 5.04. The highest BCUT2D eigenvalue weighted by atomic mass is 16.4. The van der Waals surface area contributed by atoms with E-state index in [2.05, 4.69) is 10.1 Å². The monoisotopic (exact) mass is 169 g/mol. The Hall–Kier alpha value is -1.52. The number of rotatable bonds is 3. The molecular formula is C7H11N3O2. The smallest absolute Gasteiger partial charge is 0.194 e. The van der Waals surface area contributed by atoms with E-state index in [9.17, 15) is 0 Å². The third-order valence-corrected chi connectivity index (χ3v) is 1.39. The maximum atomic E-state index is 8.31. The largest absolute Gasteiger partial charge is 0.448 e. The topological polar surface area (TPSA) is 84.6 Å². The molecule has 0 aliphatic heterocycles. The number of aryl methyl sites for hydroxylation is 1. The maximum Gasteiger partial charge on any atom is 0.194 e. The first-order valence-corrected chi connectivity index (χ1v) is 3.70. The lowest BCUT2D eigenvalue weighted by molar-refractivity contribution is 0.318. The average Bonchev–Trinajstić information content (AvgIpc) is 2.52. The SMILES string of the molecule is CCCc1nc(/C(N)=N/O)co1. The van der Waals surface area contributed by atoms with Crippen LogP contribution in [0.1, 0.15) is 24.9 Å². The van der Waals surface area contributed by atoms with Crippen molar-refractivity contribution >= 4 is 5.84 Å². The van der Waals surface area contributed by atoms with Crippen molar-refractivity contribution in [2.45, 2.75) is 19.8 Å². The third-order valence-electron chi connectivity index (χ3n) is 1.39. The molecule has 0 radical (unpaired) electrons. The molecule has 0 atom stereocenters. The van der Waals surface area contributed by atoms with E-state index in [0.29, 0.717) is 11.6 Å². The van der Waals surface area contributed by atoms with Crippen LogP contribution in [0.25, 0.3) is 0 Å². The van der Waals surface area contributed by atoms with Crippen LogP contribution < -0.4 is 5.73 Å². The number of oxazole rings is 1. The van der Waals surface area contributed by atoms with Crippen molar-refractivity contribution in [1.29, 1.82) is 0 Å². The Kier molecular flexibility index (Phi) is 2.68. The van der Waals surface area contributed by atoms with Gasteiger partial charge in [0.1, 0.15) is 12.0 Å². The predicted molar refractivity (Wildman–Crippen MR) is 43.0 cm³/mol. The fraction of sp³-hybridized carbons (Fsp3) is 0.429. The minimum absolute atomic E-state index is 0.0268. The van der Waals surface area contributed by atoms with Crippen LogP contribution >= 0.6 is 0 Å². The fourth-order valence-electron chi connectivity index (χ4n) is 0.808. The molecule has 0 saturated carbocycles. The van der Waals surface area contributed by atoms with E-state index >= 15 is 0 Å². The summed E-state index contributed by atoms with van der Waals surface area (Å²) in [5.41, 5.74) is 5.66. The minimum atomic E-state index is -0.0268. The van der Waals surface area contributed by atoms with Crippen LogP contribution in [-0.2, 0) is 6.42 Å². The molecule has 1 aromatic rings. The summed E-state index contributed by atoms with van der Waals surface area (Å²) in [5, 5.41) is 11.1. The van der Waals surface area contributed by atoms with Gasteiger partial charge in [-0.05, 0) is 6.42 Å². The van der Waals surface area contributed by atoms with E-state index in [1.54, 1.807) is 0 Å². The predicted octanol–water partition coefficient (Wildman–Crippen LogP) is 0.722. The van der Waals surface area contributed by atoms with Crippen LogP contribution in [0.4, 0.5) is 0 Å². The molecule has 1 heterocycles. The second-order valence-corrected chi connectivity index (χ2v) is 2.36. The molecule has 0 aliphatic rings. The third kappa shape index (κ3) is 1.75. The van der Waals surface area contributed by atoms with Crippen LogP contribution in [-0.4, -0.2) is 16.0 Å². The standard InChI is InChI=1S/C7H11N3O2/c1-2-3-6-9-5(4-12-6)7(8)10-11/h4,11H,2-3H2,1H3,(H2,8,10). The van der Waals surface area contributed by atoms with E-state index in [0.717, 1.165) is 12.8 Å². The first kappa shape index (κ1) is 8.58.